The van der Waals surface area contributed by atoms with E-state index >= 15 is 0 Å². The van der Waals surface area contributed by atoms with E-state index in [-0.39, 0.29) is 12.5 Å². The van der Waals surface area contributed by atoms with E-state index in [1.165, 1.54) is 0 Å². The molecule has 3 rings (SSSR count). The number of anilines is 1. The molecule has 1 amide bonds. The summed E-state index contributed by atoms with van der Waals surface area (Å²) in [4.78, 5) is 12.3. The standard InChI is InChI=1S/C22H19BrClNO4/c23-18-14-16(24)10-11-20(18)29-15-22(26)25-19-8-4-5-9-21(19)28-13-12-27-17-6-2-1-3-7-17/h1-11,14H,12-13,15H2,(H,25,26). The number of carbonyl (C=O) groups is 1. The number of carbonyl (C=O) groups excluding carboxylic acids is 1. The van der Waals surface area contributed by atoms with Crippen molar-refractivity contribution < 1.29 is 19.0 Å². The van der Waals surface area contributed by atoms with Crippen molar-refractivity contribution >= 4 is 39.1 Å². The molecule has 7 heteroatoms. The third-order valence-corrected chi connectivity index (χ3v) is 4.62. The molecule has 0 heterocycles. The first-order valence-corrected chi connectivity index (χ1v) is 10.1. The van der Waals surface area contributed by atoms with Crippen LogP contribution in [0.1, 0.15) is 0 Å². The molecule has 0 fully saturated rings. The zero-order chi connectivity index (χ0) is 20.5. The second-order valence-corrected chi connectivity index (χ2v) is 7.21. The molecule has 5 nitrogen and oxygen atoms in total. The van der Waals surface area contributed by atoms with Crippen molar-refractivity contribution in [1.29, 1.82) is 0 Å². The second-order valence-electron chi connectivity index (χ2n) is 5.92. The molecular weight excluding hydrogens is 458 g/mol. The largest absolute Gasteiger partial charge is 0.490 e. The van der Waals surface area contributed by atoms with E-state index in [1.807, 2.05) is 42.5 Å². The summed E-state index contributed by atoms with van der Waals surface area (Å²) < 4.78 is 17.6. The van der Waals surface area contributed by atoms with Gasteiger partial charge >= 0.3 is 0 Å². The fourth-order valence-electron chi connectivity index (χ4n) is 2.45. The van der Waals surface area contributed by atoms with Crippen LogP contribution in [0.5, 0.6) is 17.2 Å². The summed E-state index contributed by atoms with van der Waals surface area (Å²) in [5, 5.41) is 3.38. The Morgan fingerprint density at radius 1 is 0.862 bits per heavy atom. The number of nitrogens with one attached hydrogen (secondary N) is 1. The number of amides is 1. The third-order valence-electron chi connectivity index (χ3n) is 3.77. The summed E-state index contributed by atoms with van der Waals surface area (Å²) in [5.74, 6) is 1.57. The monoisotopic (exact) mass is 475 g/mol. The highest BCUT2D eigenvalue weighted by atomic mass is 79.9. The number of rotatable bonds is 9. The SMILES string of the molecule is O=C(COc1ccc(Cl)cc1Br)Nc1ccccc1OCCOc1ccccc1. The van der Waals surface area contributed by atoms with E-state index in [1.54, 1.807) is 30.3 Å². The summed E-state index contributed by atoms with van der Waals surface area (Å²) in [7, 11) is 0. The molecule has 0 saturated heterocycles. The lowest BCUT2D eigenvalue weighted by Crippen LogP contribution is -2.21. The van der Waals surface area contributed by atoms with Gasteiger partial charge in [0.05, 0.1) is 10.2 Å². The molecule has 3 aromatic carbocycles. The van der Waals surface area contributed by atoms with Gasteiger partial charge in [0.15, 0.2) is 6.61 Å². The van der Waals surface area contributed by atoms with Gasteiger partial charge in [0.25, 0.3) is 5.91 Å². The molecule has 0 atom stereocenters. The summed E-state index contributed by atoms with van der Waals surface area (Å²) in [6, 6.07) is 21.8. The van der Waals surface area contributed by atoms with Crippen LogP contribution < -0.4 is 19.5 Å². The first-order valence-electron chi connectivity index (χ1n) is 8.89. The van der Waals surface area contributed by atoms with Crippen molar-refractivity contribution in [3.05, 3.63) is 82.3 Å². The van der Waals surface area contributed by atoms with Gasteiger partial charge in [-0.15, -0.1) is 0 Å². The minimum atomic E-state index is -0.302. The van der Waals surface area contributed by atoms with E-state index < -0.39 is 0 Å². The molecule has 0 bridgehead atoms. The first-order chi connectivity index (χ1) is 14.1. The topological polar surface area (TPSA) is 56.8 Å². The maximum absolute atomic E-state index is 12.3. The van der Waals surface area contributed by atoms with Gasteiger partial charge in [-0.1, -0.05) is 41.9 Å². The minimum absolute atomic E-state index is 0.147. The third kappa shape index (κ3) is 6.69. The van der Waals surface area contributed by atoms with Gasteiger partial charge in [0.1, 0.15) is 30.5 Å². The molecule has 0 aliphatic carbocycles. The maximum atomic E-state index is 12.3. The van der Waals surface area contributed by atoms with Gasteiger partial charge in [-0.05, 0) is 58.4 Å². The van der Waals surface area contributed by atoms with Crippen LogP contribution in [0.3, 0.4) is 0 Å². The predicted molar refractivity (Wildman–Crippen MR) is 117 cm³/mol. The van der Waals surface area contributed by atoms with Crippen LogP contribution in [0.4, 0.5) is 5.69 Å². The van der Waals surface area contributed by atoms with Gasteiger partial charge in [-0.25, -0.2) is 0 Å². The summed E-state index contributed by atoms with van der Waals surface area (Å²) >= 11 is 9.26. The van der Waals surface area contributed by atoms with Crippen LogP contribution in [0.15, 0.2) is 77.3 Å². The Morgan fingerprint density at radius 2 is 1.59 bits per heavy atom. The van der Waals surface area contributed by atoms with Crippen molar-refractivity contribution in [3.63, 3.8) is 0 Å². The zero-order valence-corrected chi connectivity index (χ0v) is 17.8. The number of hydrogen-bond acceptors (Lipinski definition) is 4. The Hall–Kier alpha value is -2.70. The molecule has 0 unspecified atom stereocenters. The molecule has 0 radical (unpaired) electrons. The highest BCUT2D eigenvalue weighted by molar-refractivity contribution is 9.10. The number of ether oxygens (including phenoxy) is 3. The van der Waals surface area contributed by atoms with Crippen LogP contribution >= 0.6 is 27.5 Å². The fraction of sp³-hybridized carbons (Fsp3) is 0.136. The quantitative estimate of drug-likeness (QED) is 0.410. The van der Waals surface area contributed by atoms with Crippen LogP contribution in [0, 0.1) is 0 Å². The lowest BCUT2D eigenvalue weighted by atomic mass is 10.3. The zero-order valence-electron chi connectivity index (χ0n) is 15.4. The molecule has 3 aromatic rings. The second kappa shape index (κ2) is 10.7. The van der Waals surface area contributed by atoms with E-state index in [0.29, 0.717) is 39.9 Å². The van der Waals surface area contributed by atoms with E-state index in [2.05, 4.69) is 21.2 Å². The predicted octanol–water partition coefficient (Wildman–Crippen LogP) is 5.58. The van der Waals surface area contributed by atoms with Crippen molar-refractivity contribution in [1.82, 2.24) is 0 Å². The van der Waals surface area contributed by atoms with Gasteiger partial charge in [0, 0.05) is 5.02 Å². The van der Waals surface area contributed by atoms with Crippen molar-refractivity contribution in [3.8, 4) is 17.2 Å². The number of para-hydroxylation sites is 3. The van der Waals surface area contributed by atoms with Crippen LogP contribution in [-0.4, -0.2) is 25.7 Å². The average molecular weight is 477 g/mol. The molecule has 150 valence electrons. The Labute approximate surface area is 182 Å². The van der Waals surface area contributed by atoms with Crippen LogP contribution in [0.2, 0.25) is 5.02 Å². The van der Waals surface area contributed by atoms with E-state index in [4.69, 9.17) is 25.8 Å². The molecule has 0 spiro atoms. The Morgan fingerprint density at radius 3 is 2.38 bits per heavy atom. The van der Waals surface area contributed by atoms with Gasteiger partial charge in [0.2, 0.25) is 0 Å². The van der Waals surface area contributed by atoms with Crippen molar-refractivity contribution in [2.45, 2.75) is 0 Å². The highest BCUT2D eigenvalue weighted by Gasteiger charge is 2.10. The minimum Gasteiger partial charge on any atom is -0.490 e. The maximum Gasteiger partial charge on any atom is 0.262 e. The lowest BCUT2D eigenvalue weighted by molar-refractivity contribution is -0.118. The molecule has 1 N–H and O–H groups in total. The van der Waals surface area contributed by atoms with Crippen LogP contribution in [0.25, 0.3) is 0 Å². The molecular formula is C22H19BrClNO4. The van der Waals surface area contributed by atoms with Crippen molar-refractivity contribution in [2.24, 2.45) is 0 Å². The van der Waals surface area contributed by atoms with Crippen molar-refractivity contribution in [2.75, 3.05) is 25.1 Å². The average Bonchev–Trinajstić information content (AvgIpc) is 2.72. The lowest BCUT2D eigenvalue weighted by Gasteiger charge is -2.13. The Kier molecular flexibility index (Phi) is 7.78. The Balaban J connectivity index is 1.49. The smallest absolute Gasteiger partial charge is 0.262 e. The Bertz CT molecular complexity index is 953. The molecule has 29 heavy (non-hydrogen) atoms. The molecule has 0 saturated carbocycles. The molecule has 0 aliphatic heterocycles. The number of halogens is 2. The summed E-state index contributed by atoms with van der Waals surface area (Å²) in [6.07, 6.45) is 0. The van der Waals surface area contributed by atoms with Gasteiger partial charge in [-0.2, -0.15) is 0 Å². The van der Waals surface area contributed by atoms with Gasteiger partial charge in [-0.3, -0.25) is 4.79 Å². The first kappa shape index (κ1) is 21.0. The molecule has 0 aromatic heterocycles. The summed E-state index contributed by atoms with van der Waals surface area (Å²) in [6.45, 7) is 0.585. The molecule has 0 aliphatic rings. The number of hydrogen-bond donors (Lipinski definition) is 1. The normalized spacial score (nSPS) is 10.3. The van der Waals surface area contributed by atoms with Crippen LogP contribution in [-0.2, 0) is 4.79 Å². The van der Waals surface area contributed by atoms with E-state index in [9.17, 15) is 4.79 Å². The van der Waals surface area contributed by atoms with Gasteiger partial charge < -0.3 is 19.5 Å². The highest BCUT2D eigenvalue weighted by Crippen LogP contribution is 2.28. The fourth-order valence-corrected chi connectivity index (χ4v) is 3.24. The number of benzene rings is 3. The van der Waals surface area contributed by atoms with E-state index in [0.717, 1.165) is 5.75 Å². The summed E-state index contributed by atoms with van der Waals surface area (Å²) in [5.41, 5.74) is 0.566.